The number of benzene rings is 1. The molecule has 0 radical (unpaired) electrons. The van der Waals surface area contributed by atoms with Crippen LogP contribution in [0, 0.1) is 13.8 Å². The largest absolute Gasteiger partial charge is 0.490 e. The van der Waals surface area contributed by atoms with Crippen LogP contribution in [0.2, 0.25) is 0 Å². The number of nitrogens with one attached hydrogen (secondary N) is 1. The number of thiazole rings is 1. The molecule has 0 aliphatic heterocycles. The Bertz CT molecular complexity index is 589. The normalized spacial score (nSPS) is 12.1. The van der Waals surface area contributed by atoms with Gasteiger partial charge in [0.05, 0.1) is 10.7 Å². The van der Waals surface area contributed by atoms with E-state index in [0.29, 0.717) is 12.6 Å². The highest BCUT2D eigenvalue weighted by Crippen LogP contribution is 2.24. The van der Waals surface area contributed by atoms with E-state index in [4.69, 9.17) is 4.74 Å². The first kappa shape index (κ1) is 15.7. The minimum Gasteiger partial charge on any atom is -0.490 e. The number of hydrogen-bond acceptors (Lipinski definition) is 4. The van der Waals surface area contributed by atoms with E-state index in [9.17, 15) is 0 Å². The van der Waals surface area contributed by atoms with Gasteiger partial charge in [-0.15, -0.1) is 11.3 Å². The maximum Gasteiger partial charge on any atom is 0.119 e. The average molecular weight is 302 g/mol. The molecule has 1 unspecified atom stereocenters. The maximum absolute atomic E-state index is 5.48. The summed E-state index contributed by atoms with van der Waals surface area (Å²) in [7, 11) is 0. The molecule has 0 spiro atoms. The molecule has 0 saturated heterocycles. The van der Waals surface area contributed by atoms with Crippen molar-refractivity contribution in [2.75, 3.05) is 6.61 Å². The number of ether oxygens (including phenoxy) is 1. The molecule has 0 fully saturated rings. The van der Waals surface area contributed by atoms with Crippen LogP contribution in [0.15, 0.2) is 36.9 Å². The standard InChI is InChI=1S/C17H22N2OS/c1-5-10-20-16-8-6-15(7-9-16)11-18-12(2)17-13(3)19-14(4)21-17/h5-9,12,18H,1,10-11H2,2-4H3. The van der Waals surface area contributed by atoms with Crippen molar-refractivity contribution in [1.29, 1.82) is 0 Å². The van der Waals surface area contributed by atoms with Crippen LogP contribution >= 0.6 is 11.3 Å². The monoisotopic (exact) mass is 302 g/mol. The van der Waals surface area contributed by atoms with Crippen LogP contribution in [0.3, 0.4) is 0 Å². The molecule has 2 rings (SSSR count). The molecule has 0 aliphatic carbocycles. The van der Waals surface area contributed by atoms with Gasteiger partial charge in [-0.1, -0.05) is 24.8 Å². The van der Waals surface area contributed by atoms with E-state index in [2.05, 4.69) is 49.8 Å². The van der Waals surface area contributed by atoms with Gasteiger partial charge in [-0.3, -0.25) is 0 Å². The van der Waals surface area contributed by atoms with Gasteiger partial charge in [0.15, 0.2) is 0 Å². The summed E-state index contributed by atoms with van der Waals surface area (Å²) in [4.78, 5) is 5.80. The highest BCUT2D eigenvalue weighted by atomic mass is 32.1. The third kappa shape index (κ3) is 4.41. The summed E-state index contributed by atoms with van der Waals surface area (Å²) >= 11 is 1.77. The quantitative estimate of drug-likeness (QED) is 0.779. The van der Waals surface area contributed by atoms with Gasteiger partial charge < -0.3 is 10.1 Å². The lowest BCUT2D eigenvalue weighted by Gasteiger charge is -2.13. The second-order valence-electron chi connectivity index (χ2n) is 5.03. The fraction of sp³-hybridized carbons (Fsp3) is 0.353. The highest BCUT2D eigenvalue weighted by molar-refractivity contribution is 7.11. The molecule has 112 valence electrons. The topological polar surface area (TPSA) is 34.1 Å². The zero-order chi connectivity index (χ0) is 15.2. The fourth-order valence-corrected chi connectivity index (χ4v) is 3.13. The molecule has 1 atom stereocenters. The number of hydrogen-bond donors (Lipinski definition) is 1. The Hall–Kier alpha value is -1.65. The van der Waals surface area contributed by atoms with Crippen molar-refractivity contribution < 1.29 is 4.74 Å². The summed E-state index contributed by atoms with van der Waals surface area (Å²) in [5.74, 6) is 0.876. The Labute approximate surface area is 130 Å². The second-order valence-corrected chi connectivity index (χ2v) is 6.26. The number of nitrogens with zero attached hydrogens (tertiary/aromatic N) is 1. The van der Waals surface area contributed by atoms with Crippen molar-refractivity contribution >= 4 is 11.3 Å². The lowest BCUT2D eigenvalue weighted by Crippen LogP contribution is -2.17. The Balaban J connectivity index is 1.90. The molecule has 2 aromatic rings. The maximum atomic E-state index is 5.48. The van der Waals surface area contributed by atoms with Gasteiger partial charge in [0.25, 0.3) is 0 Å². The lowest BCUT2D eigenvalue weighted by atomic mass is 10.2. The van der Waals surface area contributed by atoms with Crippen molar-refractivity contribution in [1.82, 2.24) is 10.3 Å². The molecule has 1 N–H and O–H groups in total. The molecular weight excluding hydrogens is 280 g/mol. The minimum atomic E-state index is 0.313. The molecule has 1 aromatic heterocycles. The van der Waals surface area contributed by atoms with Gasteiger partial charge in [0, 0.05) is 17.5 Å². The molecule has 4 heteroatoms. The summed E-state index contributed by atoms with van der Waals surface area (Å²) in [5, 5.41) is 4.67. The smallest absolute Gasteiger partial charge is 0.119 e. The van der Waals surface area contributed by atoms with Gasteiger partial charge in [-0.05, 0) is 38.5 Å². The first-order valence-electron chi connectivity index (χ1n) is 7.10. The van der Waals surface area contributed by atoms with E-state index in [1.807, 2.05) is 12.1 Å². The zero-order valence-corrected chi connectivity index (χ0v) is 13.7. The van der Waals surface area contributed by atoms with Crippen molar-refractivity contribution in [2.45, 2.75) is 33.4 Å². The van der Waals surface area contributed by atoms with Crippen LogP contribution < -0.4 is 10.1 Å². The van der Waals surface area contributed by atoms with Crippen molar-refractivity contribution in [3.05, 3.63) is 58.1 Å². The van der Waals surface area contributed by atoms with Crippen molar-refractivity contribution in [3.63, 3.8) is 0 Å². The van der Waals surface area contributed by atoms with Crippen LogP contribution in [0.1, 0.15) is 34.1 Å². The van der Waals surface area contributed by atoms with E-state index in [1.165, 1.54) is 10.4 Å². The Morgan fingerprint density at radius 2 is 2.05 bits per heavy atom. The molecular formula is C17H22N2OS. The van der Waals surface area contributed by atoms with Crippen LogP contribution in [0.4, 0.5) is 0 Å². The zero-order valence-electron chi connectivity index (χ0n) is 12.8. The Morgan fingerprint density at radius 3 is 2.62 bits per heavy atom. The van der Waals surface area contributed by atoms with Crippen LogP contribution in [-0.2, 0) is 6.54 Å². The predicted octanol–water partition coefficient (Wildman–Crippen LogP) is 4.18. The molecule has 0 aliphatic rings. The molecule has 1 aromatic carbocycles. The molecule has 0 saturated carbocycles. The first-order chi connectivity index (χ1) is 10.1. The predicted molar refractivity (Wildman–Crippen MR) is 89.0 cm³/mol. The van der Waals surface area contributed by atoms with Crippen LogP contribution in [0.25, 0.3) is 0 Å². The average Bonchev–Trinajstić information content (AvgIpc) is 2.82. The summed E-state index contributed by atoms with van der Waals surface area (Å²) < 4.78 is 5.48. The Morgan fingerprint density at radius 1 is 1.33 bits per heavy atom. The van der Waals surface area contributed by atoms with Crippen molar-refractivity contribution in [3.8, 4) is 5.75 Å². The second kappa shape index (κ2) is 7.38. The third-order valence-corrected chi connectivity index (χ3v) is 4.49. The van der Waals surface area contributed by atoms with Gasteiger partial charge in [0.2, 0.25) is 0 Å². The summed E-state index contributed by atoms with van der Waals surface area (Å²) in [6.45, 7) is 11.3. The summed E-state index contributed by atoms with van der Waals surface area (Å²) in [6.07, 6.45) is 1.75. The van der Waals surface area contributed by atoms with E-state index < -0.39 is 0 Å². The molecule has 0 bridgehead atoms. The van der Waals surface area contributed by atoms with Crippen molar-refractivity contribution in [2.24, 2.45) is 0 Å². The number of rotatable bonds is 7. The van der Waals surface area contributed by atoms with Gasteiger partial charge >= 0.3 is 0 Å². The molecule has 21 heavy (non-hydrogen) atoms. The minimum absolute atomic E-state index is 0.313. The SMILES string of the molecule is C=CCOc1ccc(CNC(C)c2sc(C)nc2C)cc1. The third-order valence-electron chi connectivity index (χ3n) is 3.24. The Kier molecular flexibility index (Phi) is 5.53. The van der Waals surface area contributed by atoms with Crippen LogP contribution in [0.5, 0.6) is 5.75 Å². The molecule has 1 heterocycles. The molecule has 3 nitrogen and oxygen atoms in total. The summed E-state index contributed by atoms with van der Waals surface area (Å²) in [6, 6.07) is 8.47. The molecule has 0 amide bonds. The van der Waals surface area contributed by atoms with E-state index in [-0.39, 0.29) is 0 Å². The lowest BCUT2D eigenvalue weighted by molar-refractivity contribution is 0.363. The van der Waals surface area contributed by atoms with Crippen LogP contribution in [-0.4, -0.2) is 11.6 Å². The van der Waals surface area contributed by atoms with E-state index >= 15 is 0 Å². The first-order valence-corrected chi connectivity index (χ1v) is 7.91. The van der Waals surface area contributed by atoms with E-state index in [1.54, 1.807) is 17.4 Å². The van der Waals surface area contributed by atoms with Gasteiger partial charge in [0.1, 0.15) is 12.4 Å². The van der Waals surface area contributed by atoms with Gasteiger partial charge in [-0.25, -0.2) is 4.98 Å². The fourth-order valence-electron chi connectivity index (χ4n) is 2.17. The summed E-state index contributed by atoms with van der Waals surface area (Å²) in [5.41, 5.74) is 2.37. The van der Waals surface area contributed by atoms with E-state index in [0.717, 1.165) is 23.0 Å². The highest BCUT2D eigenvalue weighted by Gasteiger charge is 2.12. The van der Waals surface area contributed by atoms with Gasteiger partial charge in [-0.2, -0.15) is 0 Å². The number of aromatic nitrogens is 1. The number of aryl methyl sites for hydroxylation is 2.